The Balaban J connectivity index is 1.96. The van der Waals surface area contributed by atoms with Crippen molar-refractivity contribution in [2.75, 3.05) is 6.54 Å². The Morgan fingerprint density at radius 3 is 2.83 bits per heavy atom. The number of rotatable bonds is 4. The third-order valence-electron chi connectivity index (χ3n) is 4.54. The van der Waals surface area contributed by atoms with E-state index in [1.807, 2.05) is 0 Å². The van der Waals surface area contributed by atoms with E-state index < -0.39 is 5.60 Å². The number of hydrogen-bond donors (Lipinski definition) is 2. The Bertz CT molecular complexity index is 427. The van der Waals surface area contributed by atoms with Gasteiger partial charge in [-0.25, -0.2) is 0 Å². The van der Waals surface area contributed by atoms with Gasteiger partial charge in [-0.15, -0.1) is 0 Å². The molecular formula is C16H23NO. The maximum Gasteiger partial charge on any atom is 0.0869 e. The fourth-order valence-corrected chi connectivity index (χ4v) is 3.52. The molecule has 98 valence electrons. The van der Waals surface area contributed by atoms with Gasteiger partial charge in [0.25, 0.3) is 0 Å². The van der Waals surface area contributed by atoms with Gasteiger partial charge in [0.15, 0.2) is 0 Å². The van der Waals surface area contributed by atoms with Gasteiger partial charge in [-0.3, -0.25) is 0 Å². The first kappa shape index (κ1) is 12.2. The molecule has 0 saturated heterocycles. The minimum absolute atomic E-state index is 0.134. The van der Waals surface area contributed by atoms with Crippen molar-refractivity contribution in [3.05, 3.63) is 35.4 Å². The van der Waals surface area contributed by atoms with E-state index in [0.29, 0.717) is 5.92 Å². The lowest BCUT2D eigenvalue weighted by Gasteiger charge is -2.40. The van der Waals surface area contributed by atoms with E-state index in [-0.39, 0.29) is 6.04 Å². The van der Waals surface area contributed by atoms with Crippen molar-refractivity contribution in [3.63, 3.8) is 0 Å². The number of hydrogen-bond acceptors (Lipinski definition) is 2. The van der Waals surface area contributed by atoms with Crippen LogP contribution in [0.25, 0.3) is 0 Å². The smallest absolute Gasteiger partial charge is 0.0869 e. The summed E-state index contributed by atoms with van der Waals surface area (Å²) in [5.41, 5.74) is 2.20. The monoisotopic (exact) mass is 245 g/mol. The van der Waals surface area contributed by atoms with Crippen LogP contribution >= 0.6 is 0 Å². The van der Waals surface area contributed by atoms with Gasteiger partial charge >= 0.3 is 0 Å². The average Bonchev–Trinajstić information content (AvgIpc) is 3.23. The maximum absolute atomic E-state index is 11.2. The van der Waals surface area contributed by atoms with Gasteiger partial charge in [0.2, 0.25) is 0 Å². The van der Waals surface area contributed by atoms with Crippen LogP contribution in [-0.2, 0) is 6.42 Å². The van der Waals surface area contributed by atoms with Gasteiger partial charge in [-0.2, -0.15) is 0 Å². The van der Waals surface area contributed by atoms with Crippen molar-refractivity contribution in [2.45, 2.75) is 50.7 Å². The minimum Gasteiger partial charge on any atom is -0.388 e. The highest BCUT2D eigenvalue weighted by atomic mass is 16.3. The lowest BCUT2D eigenvalue weighted by atomic mass is 9.77. The molecule has 0 bridgehead atoms. The SMILES string of the molecule is CCCC(O)(C1CC1)C1NCCc2ccccc21. The number of aliphatic hydroxyl groups is 1. The lowest BCUT2D eigenvalue weighted by Crippen LogP contribution is -2.48. The summed E-state index contributed by atoms with van der Waals surface area (Å²) in [5.74, 6) is 0.501. The van der Waals surface area contributed by atoms with Crippen LogP contribution in [0.15, 0.2) is 24.3 Å². The summed E-state index contributed by atoms with van der Waals surface area (Å²) in [5, 5.41) is 14.7. The zero-order chi connectivity index (χ0) is 12.6. The highest BCUT2D eigenvalue weighted by Crippen LogP contribution is 2.49. The predicted molar refractivity (Wildman–Crippen MR) is 73.5 cm³/mol. The third kappa shape index (κ3) is 1.98. The van der Waals surface area contributed by atoms with E-state index in [4.69, 9.17) is 0 Å². The molecule has 1 aromatic rings. The van der Waals surface area contributed by atoms with Crippen LogP contribution in [0.4, 0.5) is 0 Å². The van der Waals surface area contributed by atoms with Crippen molar-refractivity contribution < 1.29 is 5.11 Å². The van der Waals surface area contributed by atoms with Crippen LogP contribution < -0.4 is 5.32 Å². The molecule has 18 heavy (non-hydrogen) atoms. The quantitative estimate of drug-likeness (QED) is 0.855. The zero-order valence-electron chi connectivity index (χ0n) is 11.2. The summed E-state index contributed by atoms with van der Waals surface area (Å²) in [6.45, 7) is 3.16. The van der Waals surface area contributed by atoms with Crippen LogP contribution in [0.2, 0.25) is 0 Å². The summed E-state index contributed by atoms with van der Waals surface area (Å²) >= 11 is 0. The Kier molecular flexibility index (Phi) is 3.16. The molecule has 1 fully saturated rings. The highest BCUT2D eigenvalue weighted by Gasteiger charge is 2.49. The van der Waals surface area contributed by atoms with E-state index in [2.05, 4.69) is 36.5 Å². The topological polar surface area (TPSA) is 32.3 Å². The summed E-state index contributed by atoms with van der Waals surface area (Å²) in [6, 6.07) is 8.74. The molecular weight excluding hydrogens is 222 g/mol. The van der Waals surface area contributed by atoms with Gasteiger partial charge in [0.1, 0.15) is 0 Å². The van der Waals surface area contributed by atoms with Crippen molar-refractivity contribution in [2.24, 2.45) is 5.92 Å². The summed E-state index contributed by atoms with van der Waals surface area (Å²) in [4.78, 5) is 0. The van der Waals surface area contributed by atoms with E-state index in [0.717, 1.165) is 25.8 Å². The molecule has 2 atom stereocenters. The van der Waals surface area contributed by atoms with Gasteiger partial charge in [-0.1, -0.05) is 37.6 Å². The second-order valence-electron chi connectivity index (χ2n) is 5.85. The van der Waals surface area contributed by atoms with Crippen molar-refractivity contribution in [1.29, 1.82) is 0 Å². The normalized spacial score (nSPS) is 26.4. The van der Waals surface area contributed by atoms with Crippen molar-refractivity contribution in [3.8, 4) is 0 Å². The molecule has 2 N–H and O–H groups in total. The molecule has 2 nitrogen and oxygen atoms in total. The van der Waals surface area contributed by atoms with Crippen LogP contribution in [0.1, 0.15) is 49.8 Å². The van der Waals surface area contributed by atoms with E-state index in [1.165, 1.54) is 24.0 Å². The first-order chi connectivity index (χ1) is 8.75. The van der Waals surface area contributed by atoms with Gasteiger partial charge in [0.05, 0.1) is 11.6 Å². The van der Waals surface area contributed by atoms with Gasteiger partial charge in [-0.05, 0) is 49.3 Å². The zero-order valence-corrected chi connectivity index (χ0v) is 11.2. The molecule has 2 aliphatic rings. The lowest BCUT2D eigenvalue weighted by molar-refractivity contribution is -0.0308. The molecule has 0 radical (unpaired) electrons. The largest absolute Gasteiger partial charge is 0.388 e. The standard InChI is InChI=1S/C16H23NO/c1-2-10-16(18,13-7-8-13)15-14-6-4-3-5-12(14)9-11-17-15/h3-6,13,15,17-18H,2,7-11H2,1H3. The molecule has 2 unspecified atom stereocenters. The van der Waals surface area contributed by atoms with E-state index in [9.17, 15) is 5.11 Å². The Labute approximate surface area is 109 Å². The molecule has 1 heterocycles. The molecule has 1 aliphatic carbocycles. The Morgan fingerprint density at radius 1 is 1.33 bits per heavy atom. The van der Waals surface area contributed by atoms with Crippen LogP contribution in [0.5, 0.6) is 0 Å². The van der Waals surface area contributed by atoms with Crippen LogP contribution in [0, 0.1) is 5.92 Å². The number of fused-ring (bicyclic) bond motifs is 1. The van der Waals surface area contributed by atoms with Crippen molar-refractivity contribution >= 4 is 0 Å². The average molecular weight is 245 g/mol. The maximum atomic E-state index is 11.2. The molecule has 0 aromatic heterocycles. The van der Waals surface area contributed by atoms with Crippen LogP contribution in [0.3, 0.4) is 0 Å². The Hall–Kier alpha value is -0.860. The first-order valence-electron chi connectivity index (χ1n) is 7.29. The summed E-state index contributed by atoms with van der Waals surface area (Å²) in [7, 11) is 0. The predicted octanol–water partition coefficient (Wildman–Crippen LogP) is 2.81. The molecule has 3 rings (SSSR count). The fraction of sp³-hybridized carbons (Fsp3) is 0.625. The first-order valence-corrected chi connectivity index (χ1v) is 7.29. The fourth-order valence-electron chi connectivity index (χ4n) is 3.52. The Morgan fingerprint density at radius 2 is 2.11 bits per heavy atom. The second kappa shape index (κ2) is 4.67. The minimum atomic E-state index is -0.536. The third-order valence-corrected chi connectivity index (χ3v) is 4.54. The summed E-state index contributed by atoms with van der Waals surface area (Å²) in [6.07, 6.45) is 5.42. The molecule has 0 amide bonds. The van der Waals surface area contributed by atoms with Gasteiger partial charge in [0, 0.05) is 0 Å². The molecule has 1 saturated carbocycles. The number of nitrogens with one attached hydrogen (secondary N) is 1. The molecule has 1 aliphatic heterocycles. The van der Waals surface area contributed by atoms with Crippen LogP contribution in [-0.4, -0.2) is 17.3 Å². The molecule has 2 heteroatoms. The van der Waals surface area contributed by atoms with Gasteiger partial charge < -0.3 is 10.4 Å². The summed E-state index contributed by atoms with van der Waals surface area (Å²) < 4.78 is 0. The number of benzene rings is 1. The van der Waals surface area contributed by atoms with E-state index in [1.54, 1.807) is 0 Å². The highest BCUT2D eigenvalue weighted by molar-refractivity contribution is 5.35. The molecule has 0 spiro atoms. The molecule has 1 aromatic carbocycles. The second-order valence-corrected chi connectivity index (χ2v) is 5.85. The van der Waals surface area contributed by atoms with Crippen molar-refractivity contribution in [1.82, 2.24) is 5.32 Å². The van der Waals surface area contributed by atoms with E-state index >= 15 is 0 Å².